The molecule has 3 aromatic rings. The van der Waals surface area contributed by atoms with Crippen molar-refractivity contribution in [2.45, 2.75) is 26.3 Å². The number of hydrogen-bond acceptors (Lipinski definition) is 3. The Bertz CT molecular complexity index is 820. The van der Waals surface area contributed by atoms with E-state index in [4.69, 9.17) is 5.11 Å². The van der Waals surface area contributed by atoms with Gasteiger partial charge < -0.3 is 5.11 Å². The lowest BCUT2D eigenvalue weighted by Gasteiger charge is -2.07. The van der Waals surface area contributed by atoms with Gasteiger partial charge in [-0.3, -0.25) is 0 Å². The highest BCUT2D eigenvalue weighted by atomic mass is 16.4. The van der Waals surface area contributed by atoms with Crippen LogP contribution in [0.15, 0.2) is 42.7 Å². The van der Waals surface area contributed by atoms with Crippen LogP contribution in [0.1, 0.15) is 41.3 Å². The number of carbonyl (C=O) groups is 1. The molecule has 1 N–H and O–H groups in total. The number of fused-ring (bicyclic) bond motifs is 1. The predicted octanol–water partition coefficient (Wildman–Crippen LogP) is 3.30. The summed E-state index contributed by atoms with van der Waals surface area (Å²) >= 11 is 0. The molecular weight excluding hydrogens is 278 g/mol. The van der Waals surface area contributed by atoms with Crippen LogP contribution in [-0.2, 0) is 6.54 Å². The van der Waals surface area contributed by atoms with Gasteiger partial charge in [-0.25, -0.2) is 14.5 Å². The van der Waals surface area contributed by atoms with Crippen LogP contribution in [0.25, 0.3) is 11.0 Å². The number of rotatable bonds is 4. The molecule has 0 atom stereocenters. The molecule has 0 saturated carbocycles. The van der Waals surface area contributed by atoms with Gasteiger partial charge in [0.25, 0.3) is 0 Å². The van der Waals surface area contributed by atoms with Crippen molar-refractivity contribution >= 4 is 17.0 Å². The Labute approximate surface area is 128 Å². The van der Waals surface area contributed by atoms with Gasteiger partial charge in [-0.2, -0.15) is 5.10 Å². The molecule has 5 nitrogen and oxygen atoms in total. The maximum atomic E-state index is 11.0. The second-order valence-electron chi connectivity index (χ2n) is 5.64. The van der Waals surface area contributed by atoms with Gasteiger partial charge in [-0.1, -0.05) is 38.1 Å². The van der Waals surface area contributed by atoms with E-state index in [2.05, 4.69) is 48.2 Å². The van der Waals surface area contributed by atoms with Crippen molar-refractivity contribution in [2.75, 3.05) is 0 Å². The van der Waals surface area contributed by atoms with Crippen LogP contribution in [0.4, 0.5) is 0 Å². The van der Waals surface area contributed by atoms with Crippen molar-refractivity contribution in [3.63, 3.8) is 0 Å². The number of hydrogen-bond donors (Lipinski definition) is 1. The number of aromatic carboxylic acids is 1. The largest absolute Gasteiger partial charge is 0.478 e. The predicted molar refractivity (Wildman–Crippen MR) is 84.1 cm³/mol. The van der Waals surface area contributed by atoms with E-state index in [1.807, 2.05) is 0 Å². The maximum Gasteiger partial charge on any atom is 0.337 e. The molecule has 0 aliphatic rings. The van der Waals surface area contributed by atoms with E-state index in [0.29, 0.717) is 18.1 Å². The molecule has 0 fully saturated rings. The zero-order valence-corrected chi connectivity index (χ0v) is 12.5. The van der Waals surface area contributed by atoms with Crippen LogP contribution in [0.3, 0.4) is 0 Å². The first-order valence-corrected chi connectivity index (χ1v) is 7.18. The van der Waals surface area contributed by atoms with Crippen molar-refractivity contribution < 1.29 is 9.90 Å². The average Bonchev–Trinajstić information content (AvgIpc) is 2.90. The van der Waals surface area contributed by atoms with E-state index in [9.17, 15) is 4.79 Å². The topological polar surface area (TPSA) is 68.0 Å². The van der Waals surface area contributed by atoms with Gasteiger partial charge in [-0.15, -0.1) is 0 Å². The molecule has 0 unspecified atom stereocenters. The minimum Gasteiger partial charge on any atom is -0.478 e. The van der Waals surface area contributed by atoms with Gasteiger partial charge in [0, 0.05) is 11.6 Å². The zero-order valence-electron chi connectivity index (χ0n) is 12.5. The summed E-state index contributed by atoms with van der Waals surface area (Å²) in [5, 5.41) is 14.0. The lowest BCUT2D eigenvalue weighted by molar-refractivity contribution is 0.0696. The summed E-state index contributed by atoms with van der Waals surface area (Å²) in [4.78, 5) is 15.2. The molecule has 0 spiro atoms. The molecule has 5 heteroatoms. The van der Waals surface area contributed by atoms with Crippen molar-refractivity contribution in [3.05, 3.63) is 59.4 Å². The number of nitrogens with zero attached hydrogens (tertiary/aromatic N) is 3. The summed E-state index contributed by atoms with van der Waals surface area (Å²) < 4.78 is 1.78. The minimum absolute atomic E-state index is 0.174. The van der Waals surface area contributed by atoms with Crippen LogP contribution in [0.5, 0.6) is 0 Å². The van der Waals surface area contributed by atoms with E-state index < -0.39 is 5.97 Å². The molecular formula is C17H17N3O2. The zero-order chi connectivity index (χ0) is 15.7. The number of benzene rings is 1. The lowest BCUT2D eigenvalue weighted by atomic mass is 10.0. The first-order chi connectivity index (χ1) is 10.5. The molecule has 0 saturated heterocycles. The van der Waals surface area contributed by atoms with Gasteiger partial charge >= 0.3 is 5.97 Å². The molecule has 22 heavy (non-hydrogen) atoms. The molecule has 3 rings (SSSR count). The quantitative estimate of drug-likeness (QED) is 0.802. The van der Waals surface area contributed by atoms with Gasteiger partial charge in [0.15, 0.2) is 5.65 Å². The van der Waals surface area contributed by atoms with Crippen LogP contribution in [0.2, 0.25) is 0 Å². The van der Waals surface area contributed by atoms with Crippen LogP contribution >= 0.6 is 0 Å². The summed E-state index contributed by atoms with van der Waals surface area (Å²) in [5.74, 6) is -0.470. The van der Waals surface area contributed by atoms with Crippen molar-refractivity contribution in [1.29, 1.82) is 0 Å². The molecule has 2 heterocycles. The van der Waals surface area contributed by atoms with E-state index in [1.54, 1.807) is 16.9 Å². The number of carboxylic acids is 1. The normalized spacial score (nSPS) is 11.2. The summed E-state index contributed by atoms with van der Waals surface area (Å²) in [7, 11) is 0. The van der Waals surface area contributed by atoms with Crippen molar-refractivity contribution in [3.8, 4) is 0 Å². The molecule has 0 amide bonds. The second kappa shape index (κ2) is 5.60. The van der Waals surface area contributed by atoms with Crippen LogP contribution < -0.4 is 0 Å². The van der Waals surface area contributed by atoms with Gasteiger partial charge in [0.05, 0.1) is 18.3 Å². The molecule has 0 aliphatic carbocycles. The number of pyridine rings is 1. The SMILES string of the molecule is CC(C)c1ccc(Cn2ncc3cc(C(=O)O)cnc32)cc1. The Kier molecular flexibility index (Phi) is 3.63. The van der Waals surface area contributed by atoms with Crippen LogP contribution in [0, 0.1) is 0 Å². The fourth-order valence-corrected chi connectivity index (χ4v) is 2.39. The Morgan fingerprint density at radius 2 is 1.95 bits per heavy atom. The van der Waals surface area contributed by atoms with Crippen molar-refractivity contribution in [2.24, 2.45) is 0 Å². The third-order valence-corrected chi connectivity index (χ3v) is 3.70. The minimum atomic E-state index is -0.980. The summed E-state index contributed by atoms with van der Waals surface area (Å²) in [6.45, 7) is 4.95. The Hall–Kier alpha value is -2.69. The monoisotopic (exact) mass is 295 g/mol. The first-order valence-electron chi connectivity index (χ1n) is 7.18. The number of carboxylic acid groups (broad SMARTS) is 1. The molecule has 112 valence electrons. The maximum absolute atomic E-state index is 11.0. The van der Waals surface area contributed by atoms with E-state index in [0.717, 1.165) is 10.9 Å². The van der Waals surface area contributed by atoms with Gasteiger partial charge in [0.1, 0.15) is 0 Å². The lowest BCUT2D eigenvalue weighted by Crippen LogP contribution is -2.03. The van der Waals surface area contributed by atoms with E-state index >= 15 is 0 Å². The summed E-state index contributed by atoms with van der Waals surface area (Å²) in [6.07, 6.45) is 3.02. The highest BCUT2D eigenvalue weighted by molar-refractivity contribution is 5.91. The molecule has 0 radical (unpaired) electrons. The Morgan fingerprint density at radius 3 is 2.59 bits per heavy atom. The molecule has 2 aromatic heterocycles. The standard InChI is InChI=1S/C17H17N3O2/c1-11(2)13-5-3-12(4-6-13)10-20-16-14(9-19-20)7-15(8-18-16)17(21)22/h3-9,11H,10H2,1-2H3,(H,21,22). The molecule has 0 bridgehead atoms. The van der Waals surface area contributed by atoms with Crippen molar-refractivity contribution in [1.82, 2.24) is 14.8 Å². The van der Waals surface area contributed by atoms with Crippen LogP contribution in [-0.4, -0.2) is 25.8 Å². The third-order valence-electron chi connectivity index (χ3n) is 3.70. The van der Waals surface area contributed by atoms with Gasteiger partial charge in [0.2, 0.25) is 0 Å². The fraction of sp³-hybridized carbons (Fsp3) is 0.235. The summed E-state index contributed by atoms with van der Waals surface area (Å²) in [5.41, 5.74) is 3.31. The summed E-state index contributed by atoms with van der Waals surface area (Å²) in [6, 6.07) is 10.0. The Balaban J connectivity index is 1.89. The van der Waals surface area contributed by atoms with Gasteiger partial charge in [-0.05, 0) is 23.1 Å². The van der Waals surface area contributed by atoms with E-state index in [-0.39, 0.29) is 5.56 Å². The second-order valence-corrected chi connectivity index (χ2v) is 5.64. The fourth-order valence-electron chi connectivity index (χ4n) is 2.39. The highest BCUT2D eigenvalue weighted by Crippen LogP contribution is 2.17. The first kappa shape index (κ1) is 14.3. The molecule has 0 aliphatic heterocycles. The average molecular weight is 295 g/mol. The third kappa shape index (κ3) is 2.70. The van der Waals surface area contributed by atoms with E-state index in [1.165, 1.54) is 11.8 Å². The smallest absolute Gasteiger partial charge is 0.337 e. The highest BCUT2D eigenvalue weighted by Gasteiger charge is 2.09. The Morgan fingerprint density at radius 1 is 1.23 bits per heavy atom. The number of aromatic nitrogens is 3. The molecule has 1 aromatic carbocycles.